The van der Waals surface area contributed by atoms with Crippen LogP contribution in [0.3, 0.4) is 0 Å². The minimum atomic E-state index is -1.42. The molecular formula is C17H13ClFN2O4-. The summed E-state index contributed by atoms with van der Waals surface area (Å²) in [5.41, 5.74) is 0.162. The molecule has 0 spiro atoms. The Kier molecular flexibility index (Phi) is 5.71. The molecule has 0 radical (unpaired) electrons. The van der Waals surface area contributed by atoms with Crippen LogP contribution in [-0.2, 0) is 4.79 Å². The molecular weight excluding hydrogens is 351 g/mol. The molecule has 1 amide bonds. The number of rotatable bonds is 6. The predicted octanol–water partition coefficient (Wildman–Crippen LogP) is 2.10. The monoisotopic (exact) mass is 363 g/mol. The number of aromatic carboxylic acids is 1. The molecule has 2 rings (SSSR count). The number of carbonyl (C=O) groups is 3. The van der Waals surface area contributed by atoms with Gasteiger partial charge in [0.2, 0.25) is 5.91 Å². The number of ketones is 1. The number of benzene rings is 2. The van der Waals surface area contributed by atoms with E-state index in [0.29, 0.717) is 0 Å². The number of hydrogen-bond donors (Lipinski definition) is 2. The van der Waals surface area contributed by atoms with Crippen LogP contribution in [0.2, 0.25) is 5.02 Å². The smallest absolute Gasteiger partial charge is 0.243 e. The van der Waals surface area contributed by atoms with E-state index in [1.807, 2.05) is 0 Å². The zero-order valence-corrected chi connectivity index (χ0v) is 13.8. The van der Waals surface area contributed by atoms with Crippen molar-refractivity contribution < 1.29 is 23.9 Å². The third-order valence-electron chi connectivity index (χ3n) is 3.30. The zero-order valence-electron chi connectivity index (χ0n) is 13.1. The molecule has 2 aromatic carbocycles. The molecule has 0 unspecified atom stereocenters. The average molecular weight is 364 g/mol. The van der Waals surface area contributed by atoms with E-state index in [9.17, 15) is 23.9 Å². The molecule has 2 N–H and O–H groups in total. The topological polar surface area (TPSA) is 98.3 Å². The van der Waals surface area contributed by atoms with Gasteiger partial charge in [-0.1, -0.05) is 29.8 Å². The van der Waals surface area contributed by atoms with E-state index in [-0.39, 0.29) is 34.1 Å². The summed E-state index contributed by atoms with van der Waals surface area (Å²) in [5, 5.41) is 15.9. The van der Waals surface area contributed by atoms with Crippen LogP contribution in [0.4, 0.5) is 15.8 Å². The highest BCUT2D eigenvalue weighted by atomic mass is 35.5. The van der Waals surface area contributed by atoms with E-state index in [1.165, 1.54) is 31.2 Å². The van der Waals surface area contributed by atoms with Crippen LogP contribution in [0, 0.1) is 5.82 Å². The van der Waals surface area contributed by atoms with Crippen molar-refractivity contribution >= 4 is 40.6 Å². The Morgan fingerprint density at radius 2 is 1.80 bits per heavy atom. The number of anilines is 2. The fourth-order valence-corrected chi connectivity index (χ4v) is 2.29. The highest BCUT2D eigenvalue weighted by Crippen LogP contribution is 2.25. The molecule has 2 aromatic rings. The van der Waals surface area contributed by atoms with Crippen LogP contribution >= 0.6 is 11.6 Å². The standard InChI is InChI=1S/C17H14ClFN2O4/c1-9(22)11-6-13(19)12(18)7-15(11)20-8-16(23)21-14-5-3-2-4-10(14)17(24)25/h2-7,20H,8H2,1H3,(H,21,23)(H,24,25)/p-1. The largest absolute Gasteiger partial charge is 0.545 e. The van der Waals surface area contributed by atoms with Gasteiger partial charge in [-0.3, -0.25) is 9.59 Å². The maximum atomic E-state index is 13.5. The SMILES string of the molecule is CC(=O)c1cc(F)c(Cl)cc1NCC(=O)Nc1ccccc1C(=O)[O-]. The first-order chi connectivity index (χ1) is 11.8. The number of Topliss-reactive ketones (excluding diaryl/α,β-unsaturated/α-hetero) is 1. The lowest BCUT2D eigenvalue weighted by molar-refractivity contribution is -0.254. The Bertz CT molecular complexity index is 855. The predicted molar refractivity (Wildman–Crippen MR) is 89.3 cm³/mol. The van der Waals surface area contributed by atoms with Gasteiger partial charge in [0.15, 0.2) is 5.78 Å². The molecule has 8 heteroatoms. The van der Waals surface area contributed by atoms with Crippen LogP contribution in [0.25, 0.3) is 0 Å². The molecule has 0 saturated carbocycles. The first kappa shape index (κ1) is 18.4. The molecule has 0 saturated heterocycles. The number of hydrogen-bond acceptors (Lipinski definition) is 5. The highest BCUT2D eigenvalue weighted by Gasteiger charge is 2.14. The molecule has 0 aliphatic carbocycles. The van der Waals surface area contributed by atoms with Crippen molar-refractivity contribution in [1.29, 1.82) is 0 Å². The van der Waals surface area contributed by atoms with E-state index in [2.05, 4.69) is 10.6 Å². The fraction of sp³-hybridized carbons (Fsp3) is 0.118. The third-order valence-corrected chi connectivity index (χ3v) is 3.59. The molecule has 0 aliphatic heterocycles. The van der Waals surface area contributed by atoms with Gasteiger partial charge in [0.25, 0.3) is 0 Å². The molecule has 25 heavy (non-hydrogen) atoms. The summed E-state index contributed by atoms with van der Waals surface area (Å²) in [7, 11) is 0. The van der Waals surface area contributed by atoms with Gasteiger partial charge in [-0.05, 0) is 25.1 Å². The highest BCUT2D eigenvalue weighted by molar-refractivity contribution is 6.31. The Hall–Kier alpha value is -2.93. The van der Waals surface area contributed by atoms with Gasteiger partial charge in [-0.2, -0.15) is 0 Å². The summed E-state index contributed by atoms with van der Waals surface area (Å²) in [4.78, 5) is 34.6. The zero-order chi connectivity index (χ0) is 18.6. The number of amides is 1. The lowest BCUT2D eigenvalue weighted by atomic mass is 10.1. The minimum absolute atomic E-state index is 0.0461. The molecule has 0 atom stereocenters. The normalized spacial score (nSPS) is 10.2. The maximum absolute atomic E-state index is 13.5. The summed E-state index contributed by atoms with van der Waals surface area (Å²) in [6.07, 6.45) is 0. The third kappa shape index (κ3) is 4.54. The van der Waals surface area contributed by atoms with Gasteiger partial charge < -0.3 is 20.5 Å². The Labute approximate surface area is 147 Å². The van der Waals surface area contributed by atoms with Gasteiger partial charge in [0.1, 0.15) is 5.82 Å². The number of nitrogens with one attached hydrogen (secondary N) is 2. The second kappa shape index (κ2) is 7.76. The second-order valence-electron chi connectivity index (χ2n) is 5.10. The van der Waals surface area contributed by atoms with Crippen molar-refractivity contribution in [2.24, 2.45) is 0 Å². The summed E-state index contributed by atoms with van der Waals surface area (Å²) in [6.45, 7) is 0.966. The number of carboxylic acids is 1. The average Bonchev–Trinajstić information content (AvgIpc) is 2.55. The van der Waals surface area contributed by atoms with Crippen LogP contribution in [0.5, 0.6) is 0 Å². The summed E-state index contributed by atoms with van der Waals surface area (Å²) >= 11 is 5.69. The summed E-state index contributed by atoms with van der Waals surface area (Å²) in [5.74, 6) is -3.14. The van der Waals surface area contributed by atoms with Crippen LogP contribution in [0.15, 0.2) is 36.4 Å². The second-order valence-corrected chi connectivity index (χ2v) is 5.51. The van der Waals surface area contributed by atoms with E-state index < -0.39 is 23.5 Å². The van der Waals surface area contributed by atoms with Crippen LogP contribution < -0.4 is 15.7 Å². The van der Waals surface area contributed by atoms with Gasteiger partial charge in [0, 0.05) is 22.5 Å². The van der Waals surface area contributed by atoms with Crippen molar-refractivity contribution in [3.63, 3.8) is 0 Å². The van der Waals surface area contributed by atoms with E-state index in [4.69, 9.17) is 11.6 Å². The molecule has 130 valence electrons. The minimum Gasteiger partial charge on any atom is -0.545 e. The van der Waals surface area contributed by atoms with Crippen LogP contribution in [-0.4, -0.2) is 24.2 Å². The lowest BCUT2D eigenvalue weighted by Gasteiger charge is -2.14. The first-order valence-electron chi connectivity index (χ1n) is 7.13. The van der Waals surface area contributed by atoms with Crippen molar-refractivity contribution in [2.75, 3.05) is 17.2 Å². The molecule has 6 nitrogen and oxygen atoms in total. The number of carboxylic acid groups (broad SMARTS) is 1. The lowest BCUT2D eigenvalue weighted by Crippen LogP contribution is -2.27. The van der Waals surface area contributed by atoms with Crippen LogP contribution in [0.1, 0.15) is 27.6 Å². The Balaban J connectivity index is 2.12. The van der Waals surface area contributed by atoms with Crippen molar-refractivity contribution in [1.82, 2.24) is 0 Å². The van der Waals surface area contributed by atoms with Crippen molar-refractivity contribution in [3.8, 4) is 0 Å². The number of para-hydroxylation sites is 1. The van der Waals surface area contributed by atoms with E-state index >= 15 is 0 Å². The quantitative estimate of drug-likeness (QED) is 0.766. The Morgan fingerprint density at radius 3 is 2.44 bits per heavy atom. The summed E-state index contributed by atoms with van der Waals surface area (Å²) < 4.78 is 13.5. The molecule has 0 bridgehead atoms. The molecule has 0 aliphatic rings. The van der Waals surface area contributed by atoms with Gasteiger partial charge in [0.05, 0.1) is 17.5 Å². The first-order valence-corrected chi connectivity index (χ1v) is 7.51. The molecule has 0 fully saturated rings. The van der Waals surface area contributed by atoms with Crippen molar-refractivity contribution in [2.45, 2.75) is 6.92 Å². The van der Waals surface area contributed by atoms with Gasteiger partial charge in [-0.15, -0.1) is 0 Å². The molecule has 0 aromatic heterocycles. The summed E-state index contributed by atoms with van der Waals surface area (Å²) in [6, 6.07) is 7.96. The number of carbonyl (C=O) groups excluding carboxylic acids is 3. The van der Waals surface area contributed by atoms with E-state index in [0.717, 1.165) is 6.07 Å². The van der Waals surface area contributed by atoms with E-state index in [1.54, 1.807) is 6.07 Å². The van der Waals surface area contributed by atoms with Crippen molar-refractivity contribution in [3.05, 3.63) is 58.4 Å². The fourth-order valence-electron chi connectivity index (χ4n) is 2.12. The molecule has 0 heterocycles. The van der Waals surface area contributed by atoms with Gasteiger partial charge in [-0.25, -0.2) is 4.39 Å². The van der Waals surface area contributed by atoms with Gasteiger partial charge >= 0.3 is 0 Å². The Morgan fingerprint density at radius 1 is 1.12 bits per heavy atom. The maximum Gasteiger partial charge on any atom is 0.243 e. The number of halogens is 2.